The van der Waals surface area contributed by atoms with E-state index in [4.69, 9.17) is 4.74 Å². The fraction of sp³-hybridized carbons (Fsp3) is 0.250. The first-order valence-corrected chi connectivity index (χ1v) is 6.11. The van der Waals surface area contributed by atoms with Crippen molar-refractivity contribution in [2.24, 2.45) is 0 Å². The number of hydrogen-bond acceptors (Lipinski definition) is 2. The van der Waals surface area contributed by atoms with Gasteiger partial charge in [-0.25, -0.2) is 0 Å². The van der Waals surface area contributed by atoms with Crippen molar-refractivity contribution in [2.45, 2.75) is 25.9 Å². The molecule has 0 amide bonds. The summed E-state index contributed by atoms with van der Waals surface area (Å²) < 4.78 is 5.21. The second-order valence-corrected chi connectivity index (χ2v) is 4.61. The molecule has 0 aromatic heterocycles. The van der Waals surface area contributed by atoms with Crippen molar-refractivity contribution in [3.8, 4) is 0 Å². The predicted octanol–water partition coefficient (Wildman–Crippen LogP) is 3.71. The number of carbonyl (C=O) groups is 1. The van der Waals surface area contributed by atoms with Crippen LogP contribution in [0.2, 0.25) is 0 Å². The molecule has 0 saturated carbocycles. The lowest BCUT2D eigenvalue weighted by Crippen LogP contribution is -2.17. The highest BCUT2D eigenvalue weighted by molar-refractivity contribution is 5.91. The van der Waals surface area contributed by atoms with Crippen LogP contribution >= 0.6 is 0 Å². The summed E-state index contributed by atoms with van der Waals surface area (Å²) in [5.74, 6) is -0.764. The molecule has 0 unspecified atom stereocenters. The number of carbonyl (C=O) groups excluding carboxylic acids is 1. The van der Waals surface area contributed by atoms with Crippen LogP contribution in [0, 0.1) is 6.92 Å². The van der Waals surface area contributed by atoms with Gasteiger partial charge in [-0.1, -0.05) is 42.5 Å². The van der Waals surface area contributed by atoms with E-state index in [2.05, 4.69) is 6.92 Å². The molecule has 2 aromatic rings. The van der Waals surface area contributed by atoms with Crippen molar-refractivity contribution in [1.29, 1.82) is 0 Å². The van der Waals surface area contributed by atoms with Crippen molar-refractivity contribution in [1.82, 2.24) is 0 Å². The molecule has 93 valence electrons. The first kappa shape index (κ1) is 12.6. The molecule has 0 spiro atoms. The monoisotopic (exact) mass is 241 g/mol. The second-order valence-electron chi connectivity index (χ2n) is 4.61. The Bertz CT molecular complexity index is 553. The highest BCUT2D eigenvalue weighted by Gasteiger charge is 2.19. The van der Waals surface area contributed by atoms with Gasteiger partial charge in [-0.05, 0) is 37.1 Å². The normalized spacial score (nSPS) is 12.7. The Kier molecular flexibility index (Phi) is 3.66. The first-order chi connectivity index (χ1) is 8.59. The van der Waals surface area contributed by atoms with Crippen molar-refractivity contribution in [3.63, 3.8) is 0 Å². The van der Waals surface area contributed by atoms with Gasteiger partial charge in [0.05, 0.1) is 12.0 Å². The van der Waals surface area contributed by atoms with Crippen LogP contribution in [-0.4, -0.2) is 12.1 Å². The molecule has 2 nitrogen and oxygen atoms in total. The fourth-order valence-electron chi connectivity index (χ4n) is 2.00. The third kappa shape index (κ3) is 2.53. The summed E-state index contributed by atoms with van der Waals surface area (Å²) in [6.07, 6.45) is -0.114. The maximum atomic E-state index is 11.9. The van der Waals surface area contributed by atoms with Gasteiger partial charge >= 0.3 is 5.97 Å². The highest BCUT2D eigenvalue weighted by Crippen LogP contribution is 2.26. The van der Waals surface area contributed by atoms with Gasteiger partial charge < -0.3 is 4.74 Å². The number of rotatable bonds is 3. The molecule has 2 aromatic carbocycles. The number of benzene rings is 2. The smallest absolute Gasteiger partial charge is 0.313 e. The van der Waals surface area contributed by atoms with Gasteiger partial charge in [-0.3, -0.25) is 4.79 Å². The van der Waals surface area contributed by atoms with Crippen LogP contribution in [0.1, 0.15) is 25.3 Å². The molecule has 0 heterocycles. The number of fused-ring (bicyclic) bond motifs is 1. The predicted molar refractivity (Wildman–Crippen MR) is 73.3 cm³/mol. The van der Waals surface area contributed by atoms with E-state index in [0.29, 0.717) is 0 Å². The zero-order chi connectivity index (χ0) is 13.1. The maximum absolute atomic E-state index is 11.9. The number of ether oxygens (including phenoxy) is 1. The van der Waals surface area contributed by atoms with Crippen LogP contribution in [-0.2, 0) is 9.53 Å². The van der Waals surface area contributed by atoms with Gasteiger partial charge in [0.1, 0.15) is 0 Å². The Labute approximate surface area is 108 Å². The quantitative estimate of drug-likeness (QED) is 0.766. The zero-order valence-electron chi connectivity index (χ0n) is 10.7. The van der Waals surface area contributed by atoms with E-state index in [9.17, 15) is 4.79 Å². The van der Waals surface area contributed by atoms with Crippen LogP contribution in [0.3, 0.4) is 0 Å². The van der Waals surface area contributed by atoms with Gasteiger partial charge in [0, 0.05) is 0 Å². The van der Waals surface area contributed by atoms with Gasteiger partial charge in [0.2, 0.25) is 0 Å². The van der Waals surface area contributed by atoms with Crippen molar-refractivity contribution >= 4 is 16.7 Å². The Morgan fingerprint density at radius 2 is 1.78 bits per heavy atom. The van der Waals surface area contributed by atoms with Gasteiger partial charge in [0.15, 0.2) is 0 Å². The minimum atomic E-state index is -0.488. The van der Waals surface area contributed by atoms with E-state index < -0.39 is 5.92 Å². The summed E-state index contributed by atoms with van der Waals surface area (Å²) in [6, 6.07) is 13.9. The molecule has 2 rings (SSSR count). The van der Waals surface area contributed by atoms with E-state index in [1.54, 1.807) is 0 Å². The summed E-state index contributed by atoms with van der Waals surface area (Å²) >= 11 is 0. The molecule has 1 radical (unpaired) electrons. The lowest BCUT2D eigenvalue weighted by molar-refractivity contribution is -0.148. The fourth-order valence-corrected chi connectivity index (χ4v) is 2.00. The van der Waals surface area contributed by atoms with Crippen LogP contribution in [0.5, 0.6) is 0 Å². The standard InChI is InChI=1S/C16H17O2/c1-11(2)18-16(17)12(3)14-10-6-8-13-7-4-5-9-15(13)14/h4-12H,3H2,1-2H3/t12-/m0/s1. The molecule has 0 bridgehead atoms. The molecule has 0 aliphatic rings. The van der Waals surface area contributed by atoms with E-state index in [1.807, 2.05) is 56.3 Å². The highest BCUT2D eigenvalue weighted by atomic mass is 16.5. The molecule has 2 heteroatoms. The Morgan fingerprint density at radius 1 is 1.11 bits per heavy atom. The zero-order valence-corrected chi connectivity index (χ0v) is 10.7. The second kappa shape index (κ2) is 5.21. The van der Waals surface area contributed by atoms with Gasteiger partial charge in [-0.2, -0.15) is 0 Å². The Hall–Kier alpha value is -1.83. The number of hydrogen-bond donors (Lipinski definition) is 0. The molecular formula is C16H17O2. The summed E-state index contributed by atoms with van der Waals surface area (Å²) in [5.41, 5.74) is 0.916. The number of esters is 1. The van der Waals surface area contributed by atoms with Crippen LogP contribution in [0.4, 0.5) is 0 Å². The van der Waals surface area contributed by atoms with E-state index in [0.717, 1.165) is 16.3 Å². The first-order valence-electron chi connectivity index (χ1n) is 6.11. The van der Waals surface area contributed by atoms with Gasteiger partial charge in [-0.15, -0.1) is 0 Å². The van der Waals surface area contributed by atoms with E-state index >= 15 is 0 Å². The molecule has 0 aliphatic heterocycles. The minimum absolute atomic E-state index is 0.114. The van der Waals surface area contributed by atoms with Gasteiger partial charge in [0.25, 0.3) is 0 Å². The largest absolute Gasteiger partial charge is 0.463 e. The summed E-state index contributed by atoms with van der Waals surface area (Å²) in [6.45, 7) is 7.62. The topological polar surface area (TPSA) is 26.3 Å². The molecule has 18 heavy (non-hydrogen) atoms. The molecule has 0 aliphatic carbocycles. The summed E-state index contributed by atoms with van der Waals surface area (Å²) in [4.78, 5) is 11.9. The van der Waals surface area contributed by atoms with Crippen molar-refractivity contribution < 1.29 is 9.53 Å². The molecule has 0 N–H and O–H groups in total. The maximum Gasteiger partial charge on any atom is 0.313 e. The summed E-state index contributed by atoms with van der Waals surface area (Å²) in [7, 11) is 0. The minimum Gasteiger partial charge on any atom is -0.463 e. The molecular weight excluding hydrogens is 224 g/mol. The van der Waals surface area contributed by atoms with Crippen LogP contribution in [0.15, 0.2) is 42.5 Å². The van der Waals surface area contributed by atoms with Crippen molar-refractivity contribution in [3.05, 3.63) is 55.0 Å². The van der Waals surface area contributed by atoms with Crippen molar-refractivity contribution in [2.75, 3.05) is 0 Å². The third-order valence-corrected chi connectivity index (χ3v) is 2.84. The third-order valence-electron chi connectivity index (χ3n) is 2.84. The molecule has 1 atom stereocenters. The van der Waals surface area contributed by atoms with E-state index in [-0.39, 0.29) is 12.1 Å². The Balaban J connectivity index is 2.38. The SMILES string of the molecule is [CH2][C@H](C(=O)OC(C)C)c1cccc2ccccc12. The van der Waals surface area contributed by atoms with Crippen LogP contribution in [0.25, 0.3) is 10.8 Å². The Morgan fingerprint density at radius 3 is 2.50 bits per heavy atom. The van der Waals surface area contributed by atoms with Crippen LogP contribution < -0.4 is 0 Å². The van der Waals surface area contributed by atoms with E-state index in [1.165, 1.54) is 0 Å². The lowest BCUT2D eigenvalue weighted by Gasteiger charge is -2.15. The summed E-state index contributed by atoms with van der Waals surface area (Å²) in [5, 5.41) is 2.17. The molecule has 0 saturated heterocycles. The lowest BCUT2D eigenvalue weighted by atomic mass is 9.95. The molecule has 0 fully saturated rings. The average molecular weight is 241 g/mol. The average Bonchev–Trinajstić information content (AvgIpc) is 2.36.